The van der Waals surface area contributed by atoms with Gasteiger partial charge < -0.3 is 20.6 Å². The molecular weight excluding hydrogens is 244 g/mol. The first-order valence-electron chi connectivity index (χ1n) is 6.36. The minimum Gasteiger partial charge on any atom is -0.409 e. The minimum absolute atomic E-state index is 0.0982. The first-order chi connectivity index (χ1) is 8.99. The van der Waals surface area contributed by atoms with Crippen molar-refractivity contribution in [3.05, 3.63) is 23.4 Å². The molecule has 1 aromatic heterocycles. The molecular formula is C13H20N4O2. The van der Waals surface area contributed by atoms with Crippen molar-refractivity contribution in [1.82, 2.24) is 4.98 Å². The van der Waals surface area contributed by atoms with E-state index in [-0.39, 0.29) is 18.0 Å². The highest BCUT2D eigenvalue weighted by Gasteiger charge is 2.23. The average Bonchev–Trinajstić information content (AvgIpc) is 2.36. The fraction of sp³-hybridized carbons (Fsp3) is 0.538. The van der Waals surface area contributed by atoms with E-state index >= 15 is 0 Å². The summed E-state index contributed by atoms with van der Waals surface area (Å²) in [5.41, 5.74) is 7.16. The van der Waals surface area contributed by atoms with Gasteiger partial charge in [-0.3, -0.25) is 0 Å². The lowest BCUT2D eigenvalue weighted by Crippen LogP contribution is -2.46. The normalized spacial score (nSPS) is 24.6. The number of nitrogens with two attached hydrogens (primary N) is 1. The number of rotatable bonds is 2. The van der Waals surface area contributed by atoms with Crippen LogP contribution in [0.1, 0.15) is 25.1 Å². The number of oxime groups is 1. The van der Waals surface area contributed by atoms with E-state index in [1.54, 1.807) is 6.07 Å². The second-order valence-corrected chi connectivity index (χ2v) is 5.00. The maximum absolute atomic E-state index is 8.77. The molecule has 1 saturated heterocycles. The topological polar surface area (TPSA) is 84.0 Å². The van der Waals surface area contributed by atoms with E-state index in [0.29, 0.717) is 5.56 Å². The van der Waals surface area contributed by atoms with Crippen LogP contribution in [0.3, 0.4) is 0 Å². The third-order valence-corrected chi connectivity index (χ3v) is 3.09. The van der Waals surface area contributed by atoms with Gasteiger partial charge in [-0.05, 0) is 32.9 Å². The molecule has 1 aromatic rings. The highest BCUT2D eigenvalue weighted by atomic mass is 16.5. The lowest BCUT2D eigenvalue weighted by molar-refractivity contribution is -0.00546. The lowest BCUT2D eigenvalue weighted by Gasteiger charge is -2.36. The van der Waals surface area contributed by atoms with Gasteiger partial charge in [0.15, 0.2) is 5.84 Å². The number of anilines is 1. The monoisotopic (exact) mass is 264 g/mol. The Balaban J connectivity index is 2.31. The van der Waals surface area contributed by atoms with E-state index in [1.807, 2.05) is 26.8 Å². The van der Waals surface area contributed by atoms with Gasteiger partial charge in [0.25, 0.3) is 0 Å². The summed E-state index contributed by atoms with van der Waals surface area (Å²) in [5.74, 6) is 0.935. The van der Waals surface area contributed by atoms with E-state index < -0.39 is 0 Å². The number of hydrogen-bond donors (Lipinski definition) is 2. The summed E-state index contributed by atoms with van der Waals surface area (Å²) in [5, 5.41) is 11.8. The quantitative estimate of drug-likeness (QED) is 0.361. The van der Waals surface area contributed by atoms with Crippen LogP contribution in [0.25, 0.3) is 0 Å². The van der Waals surface area contributed by atoms with E-state index in [1.165, 1.54) is 0 Å². The Morgan fingerprint density at radius 2 is 2.05 bits per heavy atom. The summed E-state index contributed by atoms with van der Waals surface area (Å²) in [6, 6.07) is 3.64. The number of aromatic nitrogens is 1. The van der Waals surface area contributed by atoms with Crippen LogP contribution < -0.4 is 10.6 Å². The molecule has 0 spiro atoms. The van der Waals surface area contributed by atoms with Crippen LogP contribution in [-0.2, 0) is 4.74 Å². The van der Waals surface area contributed by atoms with Crippen LogP contribution in [0.5, 0.6) is 0 Å². The molecule has 2 heterocycles. The average molecular weight is 264 g/mol. The molecule has 0 aromatic carbocycles. The number of pyridine rings is 1. The van der Waals surface area contributed by atoms with Crippen LogP contribution in [0, 0.1) is 6.92 Å². The van der Waals surface area contributed by atoms with Crippen molar-refractivity contribution in [2.75, 3.05) is 18.0 Å². The lowest BCUT2D eigenvalue weighted by atomic mass is 10.1. The molecule has 104 valence electrons. The minimum atomic E-state index is 0.0982. The van der Waals surface area contributed by atoms with Gasteiger partial charge in [-0.25, -0.2) is 4.98 Å². The molecule has 1 fully saturated rings. The van der Waals surface area contributed by atoms with E-state index in [9.17, 15) is 0 Å². The van der Waals surface area contributed by atoms with Crippen molar-refractivity contribution in [2.45, 2.75) is 33.0 Å². The summed E-state index contributed by atoms with van der Waals surface area (Å²) in [4.78, 5) is 6.69. The SMILES string of the molecule is Cc1cc(/C(N)=N/O)cc(N2C[C@@H](C)O[C@@H](C)C2)n1. The van der Waals surface area contributed by atoms with E-state index in [2.05, 4.69) is 15.0 Å². The maximum Gasteiger partial charge on any atom is 0.170 e. The van der Waals surface area contributed by atoms with Gasteiger partial charge in [0, 0.05) is 24.3 Å². The van der Waals surface area contributed by atoms with Crippen LogP contribution in [0.2, 0.25) is 0 Å². The standard InChI is InChI=1S/C13H20N4O2/c1-8-4-11(13(14)16-18)5-12(15-8)17-6-9(2)19-10(3)7-17/h4-5,9-10,18H,6-7H2,1-3H3,(H2,14,16)/t9-,10+. The van der Waals surface area contributed by atoms with Gasteiger partial charge in [0.2, 0.25) is 0 Å². The first kappa shape index (κ1) is 13.6. The zero-order valence-corrected chi connectivity index (χ0v) is 11.5. The molecule has 0 bridgehead atoms. The third-order valence-electron chi connectivity index (χ3n) is 3.09. The molecule has 6 heteroatoms. The molecule has 2 atom stereocenters. The van der Waals surface area contributed by atoms with Gasteiger partial charge in [-0.1, -0.05) is 5.16 Å². The fourth-order valence-electron chi connectivity index (χ4n) is 2.38. The van der Waals surface area contributed by atoms with Crippen molar-refractivity contribution in [3.8, 4) is 0 Å². The van der Waals surface area contributed by atoms with Crippen LogP contribution in [-0.4, -0.2) is 41.3 Å². The molecule has 1 aliphatic heterocycles. The van der Waals surface area contributed by atoms with Gasteiger partial charge in [0.1, 0.15) is 5.82 Å². The molecule has 3 N–H and O–H groups in total. The molecule has 1 aliphatic rings. The molecule has 19 heavy (non-hydrogen) atoms. The predicted molar refractivity (Wildman–Crippen MR) is 73.7 cm³/mol. The summed E-state index contributed by atoms with van der Waals surface area (Å²) in [6.07, 6.45) is 0.330. The number of morpholine rings is 1. The Labute approximate surface area is 112 Å². The Morgan fingerprint density at radius 1 is 1.42 bits per heavy atom. The van der Waals surface area contributed by atoms with Gasteiger partial charge in [0.05, 0.1) is 12.2 Å². The van der Waals surface area contributed by atoms with Gasteiger partial charge in [-0.15, -0.1) is 0 Å². The largest absolute Gasteiger partial charge is 0.409 e. The smallest absolute Gasteiger partial charge is 0.170 e. The number of amidine groups is 1. The zero-order valence-electron chi connectivity index (χ0n) is 11.5. The molecule has 0 aliphatic carbocycles. The molecule has 0 amide bonds. The summed E-state index contributed by atoms with van der Waals surface area (Å²) >= 11 is 0. The van der Waals surface area contributed by atoms with Crippen molar-refractivity contribution in [3.63, 3.8) is 0 Å². The van der Waals surface area contributed by atoms with Gasteiger partial charge in [-0.2, -0.15) is 0 Å². The Morgan fingerprint density at radius 3 is 2.63 bits per heavy atom. The molecule has 0 saturated carbocycles. The van der Waals surface area contributed by atoms with Crippen molar-refractivity contribution in [2.24, 2.45) is 10.9 Å². The van der Waals surface area contributed by atoms with Gasteiger partial charge >= 0.3 is 0 Å². The number of hydrogen-bond acceptors (Lipinski definition) is 5. The second-order valence-electron chi connectivity index (χ2n) is 5.00. The molecule has 0 radical (unpaired) electrons. The molecule has 6 nitrogen and oxygen atoms in total. The maximum atomic E-state index is 8.77. The van der Waals surface area contributed by atoms with E-state index in [0.717, 1.165) is 24.6 Å². The predicted octanol–water partition coefficient (Wildman–Crippen LogP) is 1.10. The second kappa shape index (κ2) is 5.44. The molecule has 2 rings (SSSR count). The first-order valence-corrected chi connectivity index (χ1v) is 6.36. The summed E-state index contributed by atoms with van der Waals surface area (Å²) < 4.78 is 5.71. The zero-order chi connectivity index (χ0) is 14.0. The highest BCUT2D eigenvalue weighted by Crippen LogP contribution is 2.20. The van der Waals surface area contributed by atoms with Crippen LogP contribution in [0.15, 0.2) is 17.3 Å². The third kappa shape index (κ3) is 3.14. The molecule has 0 unspecified atom stereocenters. The number of ether oxygens (including phenoxy) is 1. The summed E-state index contributed by atoms with van der Waals surface area (Å²) in [6.45, 7) is 7.56. The van der Waals surface area contributed by atoms with Crippen LogP contribution >= 0.6 is 0 Å². The Kier molecular flexibility index (Phi) is 3.90. The Hall–Kier alpha value is -1.82. The van der Waals surface area contributed by atoms with Crippen molar-refractivity contribution >= 4 is 11.7 Å². The van der Waals surface area contributed by atoms with Crippen molar-refractivity contribution < 1.29 is 9.94 Å². The summed E-state index contributed by atoms with van der Waals surface area (Å²) in [7, 11) is 0. The Bertz CT molecular complexity index is 480. The van der Waals surface area contributed by atoms with Crippen molar-refractivity contribution in [1.29, 1.82) is 0 Å². The number of nitrogens with zero attached hydrogens (tertiary/aromatic N) is 3. The van der Waals surface area contributed by atoms with E-state index in [4.69, 9.17) is 15.7 Å². The number of aryl methyl sites for hydroxylation is 1. The van der Waals surface area contributed by atoms with Crippen LogP contribution in [0.4, 0.5) is 5.82 Å². The highest BCUT2D eigenvalue weighted by molar-refractivity contribution is 5.97. The fourth-order valence-corrected chi connectivity index (χ4v) is 2.38.